The van der Waals surface area contributed by atoms with Crippen LogP contribution >= 0.6 is 11.6 Å². The topological polar surface area (TPSA) is 41.1 Å². The first-order valence-corrected chi connectivity index (χ1v) is 6.95. The van der Waals surface area contributed by atoms with Crippen molar-refractivity contribution in [1.29, 1.82) is 0 Å². The quantitative estimate of drug-likeness (QED) is 0.903. The number of anilines is 1. The van der Waals surface area contributed by atoms with Crippen LogP contribution in [0.5, 0.6) is 0 Å². The molecule has 102 valence electrons. The van der Waals surface area contributed by atoms with Gasteiger partial charge in [-0.3, -0.25) is 10.1 Å². The maximum atomic E-state index is 12.1. The zero-order valence-electron chi connectivity index (χ0n) is 11.1. The van der Waals surface area contributed by atoms with Crippen molar-refractivity contribution in [3.8, 4) is 0 Å². The molecule has 1 aliphatic heterocycles. The summed E-state index contributed by atoms with van der Waals surface area (Å²) < 4.78 is 0. The molecule has 4 heteroatoms. The summed E-state index contributed by atoms with van der Waals surface area (Å²) >= 11 is 6.20. The molecular formula is C16H15ClN2O. The standard InChI is InChI=1S/C16H15ClN2O/c1-10(11-6-2-4-8-13(11)17)18-15-12-7-3-5-9-14(12)19-16(15)20/h2-10,15,18H,1H3,(H,19,20). The molecule has 3 nitrogen and oxygen atoms in total. The molecular weight excluding hydrogens is 272 g/mol. The largest absolute Gasteiger partial charge is 0.324 e. The number of fused-ring (bicyclic) bond motifs is 1. The first-order valence-electron chi connectivity index (χ1n) is 6.57. The van der Waals surface area contributed by atoms with Crippen LogP contribution in [0.4, 0.5) is 5.69 Å². The van der Waals surface area contributed by atoms with Gasteiger partial charge in [-0.25, -0.2) is 0 Å². The summed E-state index contributed by atoms with van der Waals surface area (Å²) in [6.07, 6.45) is 0. The third-order valence-electron chi connectivity index (χ3n) is 3.58. The highest BCUT2D eigenvalue weighted by Crippen LogP contribution is 2.33. The van der Waals surface area contributed by atoms with Crippen molar-refractivity contribution < 1.29 is 4.79 Å². The van der Waals surface area contributed by atoms with Gasteiger partial charge in [-0.05, 0) is 24.6 Å². The number of carbonyl (C=O) groups is 1. The van der Waals surface area contributed by atoms with Crippen molar-refractivity contribution in [2.45, 2.75) is 19.0 Å². The molecule has 2 aromatic carbocycles. The van der Waals surface area contributed by atoms with Gasteiger partial charge in [-0.1, -0.05) is 48.0 Å². The number of para-hydroxylation sites is 1. The monoisotopic (exact) mass is 286 g/mol. The molecule has 0 spiro atoms. The van der Waals surface area contributed by atoms with Gasteiger partial charge in [0, 0.05) is 22.3 Å². The molecule has 0 saturated heterocycles. The van der Waals surface area contributed by atoms with E-state index in [4.69, 9.17) is 11.6 Å². The van der Waals surface area contributed by atoms with E-state index < -0.39 is 0 Å². The van der Waals surface area contributed by atoms with Crippen molar-refractivity contribution in [2.24, 2.45) is 0 Å². The van der Waals surface area contributed by atoms with Gasteiger partial charge < -0.3 is 5.32 Å². The summed E-state index contributed by atoms with van der Waals surface area (Å²) in [7, 11) is 0. The Labute approximate surface area is 123 Å². The smallest absolute Gasteiger partial charge is 0.246 e. The van der Waals surface area contributed by atoms with E-state index in [9.17, 15) is 4.79 Å². The van der Waals surface area contributed by atoms with Gasteiger partial charge in [-0.2, -0.15) is 0 Å². The number of hydrogen-bond acceptors (Lipinski definition) is 2. The van der Waals surface area contributed by atoms with Crippen LogP contribution in [0.15, 0.2) is 48.5 Å². The van der Waals surface area contributed by atoms with Gasteiger partial charge in [0.05, 0.1) is 0 Å². The van der Waals surface area contributed by atoms with Crippen LogP contribution in [-0.4, -0.2) is 5.91 Å². The van der Waals surface area contributed by atoms with Gasteiger partial charge in [-0.15, -0.1) is 0 Å². The second-order valence-electron chi connectivity index (χ2n) is 4.92. The van der Waals surface area contributed by atoms with Gasteiger partial charge in [0.2, 0.25) is 5.91 Å². The minimum absolute atomic E-state index is 0.00870. The maximum absolute atomic E-state index is 12.1. The maximum Gasteiger partial charge on any atom is 0.246 e. The number of nitrogens with one attached hydrogen (secondary N) is 2. The number of hydrogen-bond donors (Lipinski definition) is 2. The fourth-order valence-electron chi connectivity index (χ4n) is 2.54. The van der Waals surface area contributed by atoms with Crippen molar-refractivity contribution in [3.63, 3.8) is 0 Å². The van der Waals surface area contributed by atoms with Gasteiger partial charge in [0.1, 0.15) is 6.04 Å². The third-order valence-corrected chi connectivity index (χ3v) is 3.92. The molecule has 20 heavy (non-hydrogen) atoms. The van der Waals surface area contributed by atoms with E-state index in [-0.39, 0.29) is 18.0 Å². The van der Waals surface area contributed by atoms with Crippen LogP contribution in [-0.2, 0) is 4.79 Å². The predicted octanol–water partition coefficient (Wildman–Crippen LogP) is 3.68. The molecule has 0 bridgehead atoms. The molecule has 2 N–H and O–H groups in total. The first kappa shape index (κ1) is 13.2. The Kier molecular flexibility index (Phi) is 3.47. The summed E-state index contributed by atoms with van der Waals surface area (Å²) in [6, 6.07) is 15.1. The Hall–Kier alpha value is -1.84. The van der Waals surface area contributed by atoms with E-state index in [1.54, 1.807) is 0 Å². The number of halogens is 1. The highest BCUT2D eigenvalue weighted by Gasteiger charge is 2.31. The highest BCUT2D eigenvalue weighted by atomic mass is 35.5. The number of benzene rings is 2. The number of rotatable bonds is 3. The average Bonchev–Trinajstić information content (AvgIpc) is 2.76. The van der Waals surface area contributed by atoms with Crippen molar-refractivity contribution in [3.05, 3.63) is 64.7 Å². The second-order valence-corrected chi connectivity index (χ2v) is 5.33. The summed E-state index contributed by atoms with van der Waals surface area (Å²) in [6.45, 7) is 2.01. The molecule has 3 rings (SSSR count). The number of amides is 1. The zero-order chi connectivity index (χ0) is 14.1. The molecule has 2 unspecified atom stereocenters. The lowest BCUT2D eigenvalue weighted by atomic mass is 10.0. The lowest BCUT2D eigenvalue weighted by molar-refractivity contribution is -0.117. The summed E-state index contributed by atoms with van der Waals surface area (Å²) in [4.78, 5) is 12.1. The predicted molar refractivity (Wildman–Crippen MR) is 80.8 cm³/mol. The zero-order valence-corrected chi connectivity index (χ0v) is 11.8. The summed E-state index contributed by atoms with van der Waals surface area (Å²) in [5.74, 6) is -0.0231. The van der Waals surface area contributed by atoms with Crippen molar-refractivity contribution in [2.75, 3.05) is 5.32 Å². The molecule has 2 atom stereocenters. The fourth-order valence-corrected chi connectivity index (χ4v) is 2.84. The Morgan fingerprint density at radius 2 is 1.85 bits per heavy atom. The van der Waals surface area contributed by atoms with Crippen LogP contribution in [0.3, 0.4) is 0 Å². The van der Waals surface area contributed by atoms with Crippen molar-refractivity contribution in [1.82, 2.24) is 5.32 Å². The first-order chi connectivity index (χ1) is 9.66. The molecule has 1 amide bonds. The van der Waals surface area contributed by atoms with Gasteiger partial charge >= 0.3 is 0 Å². The van der Waals surface area contributed by atoms with E-state index in [1.807, 2.05) is 55.5 Å². The minimum atomic E-state index is -0.336. The van der Waals surface area contributed by atoms with E-state index >= 15 is 0 Å². The van der Waals surface area contributed by atoms with Crippen LogP contribution in [0.1, 0.15) is 30.1 Å². The van der Waals surface area contributed by atoms with Crippen LogP contribution in [0, 0.1) is 0 Å². The van der Waals surface area contributed by atoms with E-state index in [1.165, 1.54) is 0 Å². The minimum Gasteiger partial charge on any atom is -0.324 e. The van der Waals surface area contributed by atoms with E-state index in [0.29, 0.717) is 5.02 Å². The van der Waals surface area contributed by atoms with Crippen LogP contribution < -0.4 is 10.6 Å². The van der Waals surface area contributed by atoms with Crippen LogP contribution in [0.25, 0.3) is 0 Å². The Bertz CT molecular complexity index is 656. The van der Waals surface area contributed by atoms with Gasteiger partial charge in [0.25, 0.3) is 0 Å². The van der Waals surface area contributed by atoms with E-state index in [2.05, 4.69) is 10.6 Å². The van der Waals surface area contributed by atoms with E-state index in [0.717, 1.165) is 16.8 Å². The van der Waals surface area contributed by atoms with Crippen molar-refractivity contribution >= 4 is 23.2 Å². The Morgan fingerprint density at radius 3 is 2.65 bits per heavy atom. The normalized spacial score (nSPS) is 18.5. The Morgan fingerprint density at radius 1 is 1.15 bits per heavy atom. The highest BCUT2D eigenvalue weighted by molar-refractivity contribution is 6.31. The molecule has 0 aliphatic carbocycles. The molecule has 2 aromatic rings. The average molecular weight is 287 g/mol. The summed E-state index contributed by atoms with van der Waals surface area (Å²) in [5, 5.41) is 6.94. The molecule has 0 radical (unpaired) electrons. The molecule has 1 heterocycles. The SMILES string of the molecule is CC(NC1C(=O)Nc2ccccc21)c1ccccc1Cl. The molecule has 0 aromatic heterocycles. The van der Waals surface area contributed by atoms with Gasteiger partial charge in [0.15, 0.2) is 0 Å². The molecule has 0 fully saturated rings. The lowest BCUT2D eigenvalue weighted by Crippen LogP contribution is -2.30. The third kappa shape index (κ3) is 2.30. The summed E-state index contributed by atoms with van der Waals surface area (Å²) in [5.41, 5.74) is 2.85. The molecule has 1 aliphatic rings. The Balaban J connectivity index is 1.85. The van der Waals surface area contributed by atoms with Crippen LogP contribution in [0.2, 0.25) is 5.02 Å². The fraction of sp³-hybridized carbons (Fsp3) is 0.188. The number of carbonyl (C=O) groups excluding carboxylic acids is 1. The second kappa shape index (κ2) is 5.27. The lowest BCUT2D eigenvalue weighted by Gasteiger charge is -2.19. The molecule has 0 saturated carbocycles.